The Morgan fingerprint density at radius 1 is 1.05 bits per heavy atom. The van der Waals surface area contributed by atoms with Crippen molar-refractivity contribution in [1.82, 2.24) is 15.1 Å². The van der Waals surface area contributed by atoms with E-state index in [0.717, 1.165) is 5.56 Å². The van der Waals surface area contributed by atoms with E-state index in [1.54, 1.807) is 13.3 Å². The molecular weight excluding hydrogens is 242 g/mol. The Morgan fingerprint density at radius 3 is 2.68 bits per heavy atom. The van der Waals surface area contributed by atoms with Crippen molar-refractivity contribution in [3.05, 3.63) is 48.7 Å². The number of nitrogens with zero attached hydrogens (tertiary/aromatic N) is 3. The lowest BCUT2D eigenvalue weighted by Gasteiger charge is -2.02. The Labute approximate surface area is 109 Å². The van der Waals surface area contributed by atoms with Crippen LogP contribution in [-0.4, -0.2) is 22.2 Å². The third-order valence-electron chi connectivity index (χ3n) is 2.66. The molecule has 0 spiro atoms. The number of methoxy groups -OCH3 is 1. The summed E-state index contributed by atoms with van der Waals surface area (Å²) in [5.74, 6) is 1.58. The largest absolute Gasteiger partial charge is 0.496 e. The van der Waals surface area contributed by atoms with Crippen LogP contribution in [0.1, 0.15) is 0 Å². The van der Waals surface area contributed by atoms with Crippen molar-refractivity contribution in [2.24, 2.45) is 0 Å². The minimum atomic E-state index is 0.390. The van der Waals surface area contributed by atoms with Gasteiger partial charge < -0.3 is 9.26 Å². The molecule has 0 fully saturated rings. The van der Waals surface area contributed by atoms with Gasteiger partial charge in [0, 0.05) is 6.20 Å². The number of benzene rings is 1. The maximum atomic E-state index is 5.28. The van der Waals surface area contributed by atoms with E-state index in [1.165, 1.54) is 0 Å². The SMILES string of the molecule is COc1ccccc1-c1noc(-c2ccccn2)n1. The minimum Gasteiger partial charge on any atom is -0.496 e. The normalized spacial score (nSPS) is 10.4. The summed E-state index contributed by atoms with van der Waals surface area (Å²) < 4.78 is 10.5. The Balaban J connectivity index is 2.02. The van der Waals surface area contributed by atoms with Crippen molar-refractivity contribution >= 4 is 0 Å². The Morgan fingerprint density at radius 2 is 1.89 bits per heavy atom. The quantitative estimate of drug-likeness (QED) is 0.718. The zero-order chi connectivity index (χ0) is 13.1. The fourth-order valence-electron chi connectivity index (χ4n) is 1.76. The molecule has 0 bridgehead atoms. The lowest BCUT2D eigenvalue weighted by molar-refractivity contribution is 0.413. The predicted molar refractivity (Wildman–Crippen MR) is 69.5 cm³/mol. The highest BCUT2D eigenvalue weighted by molar-refractivity contribution is 5.65. The molecule has 0 aliphatic carbocycles. The molecule has 3 aromatic rings. The van der Waals surface area contributed by atoms with Crippen LogP contribution in [0.5, 0.6) is 5.75 Å². The number of hydrogen-bond acceptors (Lipinski definition) is 5. The first-order chi connectivity index (χ1) is 9.38. The second-order valence-corrected chi connectivity index (χ2v) is 3.84. The Bertz CT molecular complexity index is 680. The summed E-state index contributed by atoms with van der Waals surface area (Å²) >= 11 is 0. The summed E-state index contributed by atoms with van der Waals surface area (Å²) in [7, 11) is 1.61. The first-order valence-corrected chi connectivity index (χ1v) is 5.77. The monoisotopic (exact) mass is 253 g/mol. The number of aromatic nitrogens is 3. The van der Waals surface area contributed by atoms with Crippen LogP contribution in [0.4, 0.5) is 0 Å². The highest BCUT2D eigenvalue weighted by atomic mass is 16.5. The predicted octanol–water partition coefficient (Wildman–Crippen LogP) is 2.81. The number of para-hydroxylation sites is 1. The van der Waals surface area contributed by atoms with Crippen LogP contribution in [0.3, 0.4) is 0 Å². The molecule has 5 heteroatoms. The molecule has 2 heterocycles. The lowest BCUT2D eigenvalue weighted by atomic mass is 10.2. The van der Waals surface area contributed by atoms with E-state index >= 15 is 0 Å². The van der Waals surface area contributed by atoms with Crippen molar-refractivity contribution in [2.45, 2.75) is 0 Å². The van der Waals surface area contributed by atoms with Crippen LogP contribution in [0.25, 0.3) is 23.0 Å². The standard InChI is InChI=1S/C14H11N3O2/c1-18-12-8-3-2-6-10(12)13-16-14(19-17-13)11-7-4-5-9-15-11/h2-9H,1H3. The van der Waals surface area contributed by atoms with Gasteiger partial charge in [-0.05, 0) is 24.3 Å². The summed E-state index contributed by atoms with van der Waals surface area (Å²) in [6.45, 7) is 0. The van der Waals surface area contributed by atoms with Crippen LogP contribution in [0, 0.1) is 0 Å². The first-order valence-electron chi connectivity index (χ1n) is 5.77. The molecular formula is C14H11N3O2. The molecule has 19 heavy (non-hydrogen) atoms. The summed E-state index contributed by atoms with van der Waals surface area (Å²) in [5, 5.41) is 3.97. The van der Waals surface area contributed by atoms with Gasteiger partial charge in [0.25, 0.3) is 5.89 Å². The summed E-state index contributed by atoms with van der Waals surface area (Å²) in [6, 6.07) is 13.0. The fourth-order valence-corrected chi connectivity index (χ4v) is 1.76. The van der Waals surface area contributed by atoms with E-state index in [-0.39, 0.29) is 0 Å². The Kier molecular flexibility index (Phi) is 2.94. The van der Waals surface area contributed by atoms with Gasteiger partial charge in [0.15, 0.2) is 0 Å². The lowest BCUT2D eigenvalue weighted by Crippen LogP contribution is -1.89. The smallest absolute Gasteiger partial charge is 0.276 e. The molecule has 0 aliphatic rings. The van der Waals surface area contributed by atoms with Crippen molar-refractivity contribution in [3.63, 3.8) is 0 Å². The van der Waals surface area contributed by atoms with Gasteiger partial charge in [-0.1, -0.05) is 23.4 Å². The summed E-state index contributed by atoms with van der Waals surface area (Å²) in [4.78, 5) is 8.51. The molecule has 3 rings (SSSR count). The molecule has 0 amide bonds. The molecule has 94 valence electrons. The molecule has 2 aromatic heterocycles. The number of pyridine rings is 1. The summed E-state index contributed by atoms with van der Waals surface area (Å²) in [6.07, 6.45) is 1.68. The first kappa shape index (κ1) is 11.4. The van der Waals surface area contributed by atoms with Gasteiger partial charge in [0.05, 0.1) is 12.7 Å². The van der Waals surface area contributed by atoms with Crippen molar-refractivity contribution in [1.29, 1.82) is 0 Å². The van der Waals surface area contributed by atoms with E-state index in [1.807, 2.05) is 42.5 Å². The van der Waals surface area contributed by atoms with Gasteiger partial charge in [-0.3, -0.25) is 4.98 Å². The second-order valence-electron chi connectivity index (χ2n) is 3.84. The average molecular weight is 253 g/mol. The molecule has 0 atom stereocenters. The topological polar surface area (TPSA) is 61.0 Å². The minimum absolute atomic E-state index is 0.390. The highest BCUT2D eigenvalue weighted by Gasteiger charge is 2.14. The maximum absolute atomic E-state index is 5.28. The molecule has 1 aromatic carbocycles. The summed E-state index contributed by atoms with van der Waals surface area (Å²) in [5.41, 5.74) is 1.44. The molecule has 0 unspecified atom stereocenters. The van der Waals surface area contributed by atoms with Gasteiger partial charge in [-0.15, -0.1) is 0 Å². The van der Waals surface area contributed by atoms with Crippen LogP contribution >= 0.6 is 0 Å². The average Bonchev–Trinajstić information content (AvgIpc) is 2.98. The molecule has 0 saturated carbocycles. The van der Waals surface area contributed by atoms with E-state index in [0.29, 0.717) is 23.2 Å². The number of rotatable bonds is 3. The highest BCUT2D eigenvalue weighted by Crippen LogP contribution is 2.28. The number of ether oxygens (including phenoxy) is 1. The molecule has 0 radical (unpaired) electrons. The fraction of sp³-hybridized carbons (Fsp3) is 0.0714. The van der Waals surface area contributed by atoms with E-state index in [4.69, 9.17) is 9.26 Å². The van der Waals surface area contributed by atoms with Crippen LogP contribution < -0.4 is 4.74 Å². The third-order valence-corrected chi connectivity index (χ3v) is 2.66. The van der Waals surface area contributed by atoms with E-state index in [2.05, 4.69) is 15.1 Å². The zero-order valence-electron chi connectivity index (χ0n) is 10.3. The van der Waals surface area contributed by atoms with Gasteiger partial charge >= 0.3 is 0 Å². The van der Waals surface area contributed by atoms with Crippen molar-refractivity contribution in [2.75, 3.05) is 7.11 Å². The molecule has 0 aliphatic heterocycles. The van der Waals surface area contributed by atoms with Gasteiger partial charge in [0.1, 0.15) is 11.4 Å². The van der Waals surface area contributed by atoms with Crippen LogP contribution in [0.2, 0.25) is 0 Å². The van der Waals surface area contributed by atoms with Gasteiger partial charge in [-0.2, -0.15) is 4.98 Å². The Hall–Kier alpha value is -2.69. The van der Waals surface area contributed by atoms with Crippen molar-refractivity contribution < 1.29 is 9.26 Å². The van der Waals surface area contributed by atoms with E-state index in [9.17, 15) is 0 Å². The maximum Gasteiger partial charge on any atom is 0.276 e. The van der Waals surface area contributed by atoms with E-state index < -0.39 is 0 Å². The number of hydrogen-bond donors (Lipinski definition) is 0. The third kappa shape index (κ3) is 2.18. The second kappa shape index (κ2) is 4.89. The van der Waals surface area contributed by atoms with Gasteiger partial charge in [-0.25, -0.2) is 0 Å². The van der Waals surface area contributed by atoms with Crippen LogP contribution in [-0.2, 0) is 0 Å². The molecule has 0 N–H and O–H groups in total. The van der Waals surface area contributed by atoms with Crippen molar-refractivity contribution in [3.8, 4) is 28.7 Å². The zero-order valence-corrected chi connectivity index (χ0v) is 10.3. The van der Waals surface area contributed by atoms with Gasteiger partial charge in [0.2, 0.25) is 5.82 Å². The van der Waals surface area contributed by atoms with Crippen LogP contribution in [0.15, 0.2) is 53.2 Å². The molecule has 0 saturated heterocycles. The molecule has 5 nitrogen and oxygen atoms in total.